The molecule has 2 aromatic rings. The summed E-state index contributed by atoms with van der Waals surface area (Å²) < 4.78 is 38.2. The molecule has 0 spiro atoms. The van der Waals surface area contributed by atoms with Gasteiger partial charge in [0.25, 0.3) is 0 Å². The second-order valence-corrected chi connectivity index (χ2v) is 2.57. The Hall–Kier alpha value is -1.51. The first-order valence-corrected chi connectivity index (χ1v) is 3.55. The van der Waals surface area contributed by atoms with E-state index in [1.165, 1.54) is 12.1 Å². The van der Waals surface area contributed by atoms with Crippen molar-refractivity contribution >= 4 is 10.8 Å². The molecule has 0 saturated carbocycles. The Balaban J connectivity index is 2.89. The number of halogens is 3. The molecule has 0 aliphatic rings. The van der Waals surface area contributed by atoms with Gasteiger partial charge in [-0.05, 0) is 23.6 Å². The highest BCUT2D eigenvalue weighted by molar-refractivity contribution is 5.82. The summed E-state index contributed by atoms with van der Waals surface area (Å²) >= 11 is 0. The van der Waals surface area contributed by atoms with Gasteiger partial charge in [-0.25, -0.2) is 13.2 Å². The first-order chi connectivity index (χ1) is 6.18. The Bertz CT molecular complexity index is 458. The Kier molecular flexibility index (Phi) is 1.72. The van der Waals surface area contributed by atoms with Crippen LogP contribution in [0.3, 0.4) is 0 Å². The van der Waals surface area contributed by atoms with Gasteiger partial charge in [-0.15, -0.1) is 0 Å². The van der Waals surface area contributed by atoms with Crippen molar-refractivity contribution in [3.8, 4) is 0 Å². The third-order valence-electron chi connectivity index (χ3n) is 1.73. The molecule has 0 saturated heterocycles. The number of benzene rings is 2. The number of fused-ring (bicyclic) bond motifs is 1. The molecule has 0 aromatic heterocycles. The Morgan fingerprint density at radius 3 is 2.46 bits per heavy atom. The Morgan fingerprint density at radius 2 is 1.69 bits per heavy atom. The van der Waals surface area contributed by atoms with E-state index < -0.39 is 17.5 Å². The summed E-state index contributed by atoms with van der Waals surface area (Å²) in [4.78, 5) is 0. The van der Waals surface area contributed by atoms with E-state index in [1.54, 1.807) is 0 Å². The minimum Gasteiger partial charge on any atom is -0.206 e. The molecule has 13 heavy (non-hydrogen) atoms. The molecular weight excluding hydrogens is 177 g/mol. The summed E-state index contributed by atoms with van der Waals surface area (Å²) in [7, 11) is 0. The molecule has 2 rings (SSSR count). The average molecular weight is 180 g/mol. The van der Waals surface area contributed by atoms with E-state index in [0.717, 1.165) is 6.07 Å². The van der Waals surface area contributed by atoms with Crippen LogP contribution in [0.1, 0.15) is 0 Å². The van der Waals surface area contributed by atoms with E-state index in [9.17, 15) is 13.2 Å². The second-order valence-electron chi connectivity index (χ2n) is 2.57. The topological polar surface area (TPSA) is 0 Å². The van der Waals surface area contributed by atoms with Gasteiger partial charge in [0.1, 0.15) is 5.82 Å². The maximum Gasteiger partial charge on any atom is 0.167 e. The highest BCUT2D eigenvalue weighted by atomic mass is 19.2. The van der Waals surface area contributed by atoms with Crippen molar-refractivity contribution in [2.75, 3.05) is 0 Å². The van der Waals surface area contributed by atoms with Gasteiger partial charge in [0.2, 0.25) is 0 Å². The molecule has 0 aliphatic carbocycles. The van der Waals surface area contributed by atoms with Crippen LogP contribution in [0.15, 0.2) is 18.2 Å². The number of hydrogen-bond acceptors (Lipinski definition) is 0. The van der Waals surface area contributed by atoms with Crippen LogP contribution in [0.5, 0.6) is 0 Å². The lowest BCUT2D eigenvalue weighted by Crippen LogP contribution is -1.87. The molecule has 0 bridgehead atoms. The molecule has 2 aromatic carbocycles. The van der Waals surface area contributed by atoms with Crippen molar-refractivity contribution in [2.24, 2.45) is 0 Å². The summed E-state index contributed by atoms with van der Waals surface area (Å²) in [6, 6.07) is 7.73. The molecule has 0 aliphatic heterocycles. The molecule has 0 nitrogen and oxygen atoms in total. The minimum absolute atomic E-state index is 0.0903. The van der Waals surface area contributed by atoms with Crippen molar-refractivity contribution < 1.29 is 13.2 Å². The highest BCUT2D eigenvalue weighted by Gasteiger charge is 2.07. The van der Waals surface area contributed by atoms with Gasteiger partial charge >= 0.3 is 0 Å². The van der Waals surface area contributed by atoms with Crippen molar-refractivity contribution in [1.29, 1.82) is 0 Å². The van der Waals surface area contributed by atoms with Gasteiger partial charge in [-0.3, -0.25) is 0 Å². The predicted molar refractivity (Wildman–Crippen MR) is 41.5 cm³/mol. The Labute approximate surface area is 72.6 Å². The summed E-state index contributed by atoms with van der Waals surface area (Å²) in [6.45, 7) is 0. The molecule has 0 fully saturated rings. The predicted octanol–water partition coefficient (Wildman–Crippen LogP) is 2.86. The normalized spacial score (nSPS) is 10.7. The first kappa shape index (κ1) is 8.10. The van der Waals surface area contributed by atoms with E-state index in [4.69, 9.17) is 0 Å². The molecule has 0 unspecified atom stereocenters. The molecule has 3 heteroatoms. The zero-order valence-corrected chi connectivity index (χ0v) is 6.37. The van der Waals surface area contributed by atoms with Gasteiger partial charge in [-0.1, -0.05) is 0 Å². The summed E-state index contributed by atoms with van der Waals surface area (Å²) in [6.07, 6.45) is 0. The molecular formula is C10H3F3. The lowest BCUT2D eigenvalue weighted by Gasteiger charge is -1.99. The zero-order chi connectivity index (χ0) is 9.42. The molecule has 2 radical (unpaired) electrons. The molecule has 0 atom stereocenters. The quantitative estimate of drug-likeness (QED) is 0.584. The zero-order valence-electron chi connectivity index (χ0n) is 6.37. The van der Waals surface area contributed by atoms with Crippen molar-refractivity contribution in [1.82, 2.24) is 0 Å². The van der Waals surface area contributed by atoms with Crippen molar-refractivity contribution in [3.63, 3.8) is 0 Å². The van der Waals surface area contributed by atoms with Crippen LogP contribution in [-0.4, -0.2) is 0 Å². The monoisotopic (exact) mass is 180 g/mol. The maximum atomic E-state index is 13.0. The lowest BCUT2D eigenvalue weighted by atomic mass is 10.1. The van der Waals surface area contributed by atoms with E-state index in [2.05, 4.69) is 12.1 Å². The maximum absolute atomic E-state index is 13.0. The highest BCUT2D eigenvalue weighted by Crippen LogP contribution is 2.20. The van der Waals surface area contributed by atoms with Crippen molar-refractivity contribution in [3.05, 3.63) is 47.8 Å². The third-order valence-corrected chi connectivity index (χ3v) is 1.73. The molecule has 0 N–H and O–H groups in total. The van der Waals surface area contributed by atoms with Gasteiger partial charge < -0.3 is 0 Å². The van der Waals surface area contributed by atoms with Gasteiger partial charge in [0.05, 0.1) is 0 Å². The third kappa shape index (κ3) is 1.26. The summed E-state index contributed by atoms with van der Waals surface area (Å²) in [5.41, 5.74) is 0. The second kappa shape index (κ2) is 2.76. The van der Waals surface area contributed by atoms with Crippen LogP contribution in [0.25, 0.3) is 10.8 Å². The van der Waals surface area contributed by atoms with Crippen LogP contribution in [-0.2, 0) is 0 Å². The van der Waals surface area contributed by atoms with Crippen LogP contribution in [0.2, 0.25) is 0 Å². The lowest BCUT2D eigenvalue weighted by molar-refractivity contribution is 0.515. The smallest absolute Gasteiger partial charge is 0.167 e. The SMILES string of the molecule is Fc1[c]cc2c[c]c(F)c(F)c2c1. The fourth-order valence-electron chi connectivity index (χ4n) is 1.11. The van der Waals surface area contributed by atoms with Gasteiger partial charge in [0, 0.05) is 17.5 Å². The van der Waals surface area contributed by atoms with Crippen LogP contribution >= 0.6 is 0 Å². The molecule has 0 amide bonds. The largest absolute Gasteiger partial charge is 0.206 e. The van der Waals surface area contributed by atoms with E-state index in [0.29, 0.717) is 5.39 Å². The van der Waals surface area contributed by atoms with Gasteiger partial charge in [0.15, 0.2) is 11.6 Å². The summed E-state index contributed by atoms with van der Waals surface area (Å²) in [5.74, 6) is -2.89. The summed E-state index contributed by atoms with van der Waals surface area (Å²) in [5, 5.41) is 0.285. The van der Waals surface area contributed by atoms with Crippen LogP contribution in [0.4, 0.5) is 13.2 Å². The average Bonchev–Trinajstić information content (AvgIpc) is 2.12. The van der Waals surface area contributed by atoms with E-state index in [1.807, 2.05) is 0 Å². The molecule has 0 heterocycles. The first-order valence-electron chi connectivity index (χ1n) is 3.55. The number of rotatable bonds is 0. The standard InChI is InChI=1S/C10H3F3/c11-7-3-1-6-2-4-9(12)10(13)8(6)5-7/h1-2,5H. The van der Waals surface area contributed by atoms with Crippen molar-refractivity contribution in [2.45, 2.75) is 0 Å². The van der Waals surface area contributed by atoms with Crippen LogP contribution in [0, 0.1) is 29.6 Å². The fraction of sp³-hybridized carbons (Fsp3) is 0. The van der Waals surface area contributed by atoms with Gasteiger partial charge in [-0.2, -0.15) is 0 Å². The molecule has 64 valence electrons. The van der Waals surface area contributed by atoms with E-state index >= 15 is 0 Å². The van der Waals surface area contributed by atoms with E-state index in [-0.39, 0.29) is 5.39 Å². The Morgan fingerprint density at radius 1 is 1.00 bits per heavy atom. The number of hydrogen-bond donors (Lipinski definition) is 0. The minimum atomic E-state index is -1.10. The fourth-order valence-corrected chi connectivity index (χ4v) is 1.11. The van der Waals surface area contributed by atoms with Crippen LogP contribution < -0.4 is 0 Å².